The number of phenolic OH excluding ortho intramolecular Hbond substituents is 1. The normalized spacial score (nSPS) is 13.5. The molecule has 1 N–H and O–H groups in total. The zero-order valence-corrected chi connectivity index (χ0v) is 22.2. The monoisotopic (exact) mass is 422 g/mol. The van der Waals surface area contributed by atoms with Crippen LogP contribution in [0.25, 0.3) is 11.1 Å². The van der Waals surface area contributed by atoms with E-state index >= 15 is 0 Å². The van der Waals surface area contributed by atoms with Crippen LogP contribution in [0.2, 0.25) is 0 Å². The lowest BCUT2D eigenvalue weighted by Gasteiger charge is -2.30. The molecular weight excluding hydrogens is 376 g/mol. The lowest BCUT2D eigenvalue weighted by atomic mass is 9.74. The summed E-state index contributed by atoms with van der Waals surface area (Å²) in [7, 11) is 0. The van der Waals surface area contributed by atoms with Crippen LogP contribution < -0.4 is 0 Å². The first-order chi connectivity index (χ1) is 13.8. The van der Waals surface area contributed by atoms with Crippen molar-refractivity contribution < 1.29 is 5.11 Å². The Morgan fingerprint density at radius 2 is 1.03 bits per heavy atom. The summed E-state index contributed by atoms with van der Waals surface area (Å²) in [6.07, 6.45) is 1.99. The molecule has 0 aliphatic rings. The van der Waals surface area contributed by atoms with E-state index in [-0.39, 0.29) is 21.7 Å². The molecule has 0 heterocycles. The highest BCUT2D eigenvalue weighted by Gasteiger charge is 2.28. The Bertz CT molecular complexity index is 919. The number of hydrogen-bond acceptors (Lipinski definition) is 1. The quantitative estimate of drug-likeness (QED) is 0.524. The number of rotatable bonds is 3. The van der Waals surface area contributed by atoms with E-state index in [1.807, 2.05) is 6.07 Å². The van der Waals surface area contributed by atoms with Gasteiger partial charge in [-0.05, 0) is 68.4 Å². The molecule has 0 bridgehead atoms. The molecule has 0 spiro atoms. The number of hydrogen-bond donors (Lipinski definition) is 1. The van der Waals surface area contributed by atoms with E-state index in [4.69, 9.17) is 0 Å². The van der Waals surface area contributed by atoms with Crippen LogP contribution in [-0.2, 0) is 23.7 Å². The Labute approximate surface area is 192 Å². The third-order valence-electron chi connectivity index (χ3n) is 5.62. The van der Waals surface area contributed by atoms with Crippen molar-refractivity contribution in [2.45, 2.75) is 107 Å². The van der Waals surface area contributed by atoms with Gasteiger partial charge < -0.3 is 5.11 Å². The fraction of sp³-hybridized carbons (Fsp3) is 0.600. The first-order valence-corrected chi connectivity index (χ1v) is 11.8. The SMILES string of the molecule is CC(C)(C)Cc1ccc(-c2c(O)cc(CC(C)(C)C)cc2C(C)(C)C)c(C(C)(C)C)c1. The van der Waals surface area contributed by atoms with Gasteiger partial charge in [-0.25, -0.2) is 0 Å². The van der Waals surface area contributed by atoms with Gasteiger partial charge >= 0.3 is 0 Å². The molecular formula is C30H46O. The summed E-state index contributed by atoms with van der Waals surface area (Å²) in [6, 6.07) is 11.2. The van der Waals surface area contributed by atoms with Crippen molar-refractivity contribution in [2.75, 3.05) is 0 Å². The van der Waals surface area contributed by atoms with Gasteiger partial charge in [0.2, 0.25) is 0 Å². The van der Waals surface area contributed by atoms with E-state index in [0.29, 0.717) is 5.75 Å². The zero-order chi connectivity index (χ0) is 24.0. The molecule has 0 amide bonds. The minimum atomic E-state index is -0.0695. The van der Waals surface area contributed by atoms with E-state index < -0.39 is 0 Å². The maximum absolute atomic E-state index is 11.3. The van der Waals surface area contributed by atoms with Gasteiger partial charge in [0, 0.05) is 5.56 Å². The number of benzene rings is 2. The minimum Gasteiger partial charge on any atom is -0.507 e. The lowest BCUT2D eigenvalue weighted by molar-refractivity contribution is 0.408. The van der Waals surface area contributed by atoms with Crippen LogP contribution >= 0.6 is 0 Å². The second kappa shape index (κ2) is 8.30. The Morgan fingerprint density at radius 1 is 0.581 bits per heavy atom. The maximum Gasteiger partial charge on any atom is 0.123 e. The van der Waals surface area contributed by atoms with Crippen molar-refractivity contribution >= 4 is 0 Å². The zero-order valence-electron chi connectivity index (χ0n) is 22.2. The van der Waals surface area contributed by atoms with Crippen LogP contribution in [0.1, 0.15) is 105 Å². The van der Waals surface area contributed by atoms with E-state index in [9.17, 15) is 5.11 Å². The topological polar surface area (TPSA) is 20.2 Å². The van der Waals surface area contributed by atoms with E-state index in [1.54, 1.807) is 0 Å². The molecule has 1 heteroatoms. The van der Waals surface area contributed by atoms with E-state index in [2.05, 4.69) is 107 Å². The molecule has 2 rings (SSSR count). The molecule has 0 atom stereocenters. The summed E-state index contributed by atoms with van der Waals surface area (Å²) < 4.78 is 0. The van der Waals surface area contributed by atoms with Crippen LogP contribution in [0.5, 0.6) is 5.75 Å². The molecule has 0 aliphatic carbocycles. The first-order valence-electron chi connectivity index (χ1n) is 11.8. The highest BCUT2D eigenvalue weighted by molar-refractivity contribution is 5.79. The summed E-state index contributed by atoms with van der Waals surface area (Å²) in [4.78, 5) is 0. The number of aromatic hydroxyl groups is 1. The van der Waals surface area contributed by atoms with Gasteiger partial charge in [-0.3, -0.25) is 0 Å². The molecule has 0 fully saturated rings. The fourth-order valence-corrected chi connectivity index (χ4v) is 4.43. The first kappa shape index (κ1) is 25.5. The standard InChI is InChI=1S/C30H46O/c1-27(2,3)18-20-13-14-22(23(15-20)29(7,8)9)26-24(30(10,11)12)16-21(17-25(26)31)19-28(4,5)6/h13-17,31H,18-19H2,1-12H3. The predicted octanol–water partition coefficient (Wildman–Crippen LogP) is 8.83. The third-order valence-corrected chi connectivity index (χ3v) is 5.62. The molecule has 0 radical (unpaired) electrons. The summed E-state index contributed by atoms with van der Waals surface area (Å²) in [5.41, 5.74) is 7.59. The van der Waals surface area contributed by atoms with Crippen molar-refractivity contribution in [1.82, 2.24) is 0 Å². The molecule has 0 saturated carbocycles. The Balaban J connectivity index is 2.80. The van der Waals surface area contributed by atoms with Gasteiger partial charge in [-0.15, -0.1) is 0 Å². The minimum absolute atomic E-state index is 0.0189. The maximum atomic E-state index is 11.3. The highest BCUT2D eigenvalue weighted by Crippen LogP contribution is 2.45. The summed E-state index contributed by atoms with van der Waals surface area (Å²) in [5, 5.41) is 11.3. The van der Waals surface area contributed by atoms with Crippen LogP contribution in [0.15, 0.2) is 30.3 Å². The molecule has 0 aromatic heterocycles. The van der Waals surface area contributed by atoms with Crippen LogP contribution in [0.3, 0.4) is 0 Å². The average molecular weight is 423 g/mol. The molecule has 172 valence electrons. The fourth-order valence-electron chi connectivity index (χ4n) is 4.43. The van der Waals surface area contributed by atoms with Gasteiger partial charge in [0.25, 0.3) is 0 Å². The molecule has 2 aromatic carbocycles. The van der Waals surface area contributed by atoms with Crippen molar-refractivity contribution in [2.24, 2.45) is 10.8 Å². The summed E-state index contributed by atoms with van der Waals surface area (Å²) >= 11 is 0. The molecule has 31 heavy (non-hydrogen) atoms. The van der Waals surface area contributed by atoms with Crippen molar-refractivity contribution in [3.8, 4) is 16.9 Å². The van der Waals surface area contributed by atoms with Gasteiger partial charge in [-0.1, -0.05) is 107 Å². The van der Waals surface area contributed by atoms with Gasteiger partial charge in [0.1, 0.15) is 5.75 Å². The van der Waals surface area contributed by atoms with Crippen LogP contribution in [0, 0.1) is 10.8 Å². The van der Waals surface area contributed by atoms with Crippen molar-refractivity contribution in [3.63, 3.8) is 0 Å². The smallest absolute Gasteiger partial charge is 0.123 e. The molecule has 0 saturated heterocycles. The van der Waals surface area contributed by atoms with E-state index in [1.165, 1.54) is 22.3 Å². The van der Waals surface area contributed by atoms with Crippen LogP contribution in [0.4, 0.5) is 0 Å². The van der Waals surface area contributed by atoms with Gasteiger partial charge in [0.15, 0.2) is 0 Å². The molecule has 1 nitrogen and oxygen atoms in total. The lowest BCUT2D eigenvalue weighted by Crippen LogP contribution is -2.18. The largest absolute Gasteiger partial charge is 0.507 e. The van der Waals surface area contributed by atoms with Crippen molar-refractivity contribution in [1.29, 1.82) is 0 Å². The summed E-state index contributed by atoms with van der Waals surface area (Å²) in [6.45, 7) is 27.2. The van der Waals surface area contributed by atoms with Gasteiger partial charge in [-0.2, -0.15) is 0 Å². The molecule has 2 aromatic rings. The molecule has 0 unspecified atom stereocenters. The number of phenols is 1. The second-order valence-corrected chi connectivity index (χ2v) is 13.9. The second-order valence-electron chi connectivity index (χ2n) is 13.9. The van der Waals surface area contributed by atoms with E-state index in [0.717, 1.165) is 24.0 Å². The average Bonchev–Trinajstić information content (AvgIpc) is 2.50. The van der Waals surface area contributed by atoms with Crippen molar-refractivity contribution in [3.05, 3.63) is 52.6 Å². The van der Waals surface area contributed by atoms with Gasteiger partial charge in [0.05, 0.1) is 0 Å². The Morgan fingerprint density at radius 3 is 1.48 bits per heavy atom. The third kappa shape index (κ3) is 6.86. The summed E-state index contributed by atoms with van der Waals surface area (Å²) in [5.74, 6) is 0.403. The Hall–Kier alpha value is -1.76. The van der Waals surface area contributed by atoms with Crippen LogP contribution in [-0.4, -0.2) is 5.11 Å². The highest BCUT2D eigenvalue weighted by atomic mass is 16.3. The predicted molar refractivity (Wildman–Crippen MR) is 137 cm³/mol. The Kier molecular flexibility index (Phi) is 6.83. The molecule has 0 aliphatic heterocycles.